The van der Waals surface area contributed by atoms with Gasteiger partial charge >= 0.3 is 0 Å². The number of aryl methyl sites for hydroxylation is 1. The van der Waals surface area contributed by atoms with E-state index in [0.717, 1.165) is 5.56 Å². The number of hydrogen-bond acceptors (Lipinski definition) is 4. The standard InChI is InChI=1S/C29H28BrFN4O3S/c1-5-24(25-17-32-35(27(25)7-3)22-12-10-21(31)11-13-22)29(36)33-26(6-2)28-16-20(30)18-34(28)39(37,38)23-14-8-19(4)9-15-23/h5,7-18,26H,3,6H2,1-2,4H3,(H,33,36)/b24-5+. The third-order valence-corrected chi connectivity index (χ3v) is 8.46. The first-order valence-corrected chi connectivity index (χ1v) is 14.5. The van der Waals surface area contributed by atoms with Crippen LogP contribution in [0.25, 0.3) is 17.3 Å². The van der Waals surface area contributed by atoms with Crippen molar-refractivity contribution < 1.29 is 17.6 Å². The van der Waals surface area contributed by atoms with E-state index in [1.165, 1.54) is 22.3 Å². The van der Waals surface area contributed by atoms with E-state index in [4.69, 9.17) is 0 Å². The van der Waals surface area contributed by atoms with E-state index in [9.17, 15) is 17.6 Å². The second-order valence-corrected chi connectivity index (χ2v) is 11.6. The van der Waals surface area contributed by atoms with Crippen molar-refractivity contribution in [1.29, 1.82) is 0 Å². The molecule has 2 heterocycles. The first kappa shape index (κ1) is 28.3. The number of rotatable bonds is 9. The van der Waals surface area contributed by atoms with Gasteiger partial charge in [-0.05, 0) is 84.7 Å². The summed E-state index contributed by atoms with van der Waals surface area (Å²) in [5, 5.41) is 7.39. The van der Waals surface area contributed by atoms with Gasteiger partial charge in [0.05, 0.1) is 34.2 Å². The van der Waals surface area contributed by atoms with E-state index >= 15 is 0 Å². The SMILES string of the molecule is C=Cc1c(/C(=C\C)C(=O)NC(CC)c2cc(Br)cn2S(=O)(=O)c2ccc(C)cc2)cnn1-c1ccc(F)cc1. The van der Waals surface area contributed by atoms with Gasteiger partial charge in [0.1, 0.15) is 5.82 Å². The molecule has 4 rings (SSSR count). The number of nitrogens with zero attached hydrogens (tertiary/aromatic N) is 3. The largest absolute Gasteiger partial charge is 0.344 e. The Bertz CT molecular complexity index is 1650. The molecule has 0 aliphatic heterocycles. The zero-order valence-corrected chi connectivity index (χ0v) is 24.1. The Kier molecular flexibility index (Phi) is 8.36. The molecule has 0 aliphatic carbocycles. The van der Waals surface area contributed by atoms with Crippen molar-refractivity contribution in [3.8, 4) is 5.69 Å². The van der Waals surface area contributed by atoms with E-state index in [2.05, 4.69) is 32.9 Å². The number of carbonyl (C=O) groups excluding carboxylic acids is 1. The molecule has 0 fully saturated rings. The predicted octanol–water partition coefficient (Wildman–Crippen LogP) is 6.43. The summed E-state index contributed by atoms with van der Waals surface area (Å²) < 4.78 is 43.8. The fourth-order valence-corrected chi connectivity index (χ4v) is 6.29. The van der Waals surface area contributed by atoms with Gasteiger partial charge in [-0.15, -0.1) is 0 Å². The van der Waals surface area contributed by atoms with Crippen LogP contribution >= 0.6 is 15.9 Å². The third kappa shape index (κ3) is 5.67. The van der Waals surface area contributed by atoms with Crippen LogP contribution in [0.15, 0.2) is 89.0 Å². The van der Waals surface area contributed by atoms with Gasteiger partial charge in [0.25, 0.3) is 15.9 Å². The van der Waals surface area contributed by atoms with Crippen LogP contribution in [0.2, 0.25) is 0 Å². The summed E-state index contributed by atoms with van der Waals surface area (Å²) in [5.41, 5.74) is 3.42. The van der Waals surface area contributed by atoms with Crippen molar-refractivity contribution in [3.05, 3.63) is 112 Å². The van der Waals surface area contributed by atoms with Crippen molar-refractivity contribution in [2.24, 2.45) is 0 Å². The summed E-state index contributed by atoms with van der Waals surface area (Å²) >= 11 is 3.40. The van der Waals surface area contributed by atoms with Gasteiger partial charge in [-0.1, -0.05) is 37.3 Å². The Morgan fingerprint density at radius 2 is 1.85 bits per heavy atom. The Morgan fingerprint density at radius 1 is 1.18 bits per heavy atom. The van der Waals surface area contributed by atoms with Crippen LogP contribution < -0.4 is 5.32 Å². The predicted molar refractivity (Wildman–Crippen MR) is 154 cm³/mol. The van der Waals surface area contributed by atoms with Crippen LogP contribution in [0.1, 0.15) is 48.8 Å². The number of benzene rings is 2. The Hall–Kier alpha value is -3.76. The quantitative estimate of drug-likeness (QED) is 0.221. The maximum atomic E-state index is 13.6. The van der Waals surface area contributed by atoms with Gasteiger partial charge in [-0.25, -0.2) is 21.5 Å². The molecule has 0 aliphatic rings. The maximum Gasteiger partial charge on any atom is 0.267 e. The lowest BCUT2D eigenvalue weighted by Gasteiger charge is -2.21. The highest BCUT2D eigenvalue weighted by molar-refractivity contribution is 9.10. The Balaban J connectivity index is 1.67. The molecule has 1 atom stereocenters. The third-order valence-electron chi connectivity index (χ3n) is 6.32. The van der Waals surface area contributed by atoms with Crippen LogP contribution in [0.5, 0.6) is 0 Å². The molecular formula is C29H28BrFN4O3S. The maximum absolute atomic E-state index is 13.6. The molecule has 0 bridgehead atoms. The van der Waals surface area contributed by atoms with Gasteiger partial charge < -0.3 is 5.32 Å². The monoisotopic (exact) mass is 610 g/mol. The summed E-state index contributed by atoms with van der Waals surface area (Å²) in [6.07, 6.45) is 6.72. The lowest BCUT2D eigenvalue weighted by atomic mass is 10.0. The van der Waals surface area contributed by atoms with Crippen molar-refractivity contribution in [1.82, 2.24) is 19.1 Å². The summed E-state index contributed by atoms with van der Waals surface area (Å²) in [6.45, 7) is 9.36. The van der Waals surface area contributed by atoms with E-state index in [1.807, 2.05) is 13.8 Å². The van der Waals surface area contributed by atoms with E-state index in [-0.39, 0.29) is 10.7 Å². The van der Waals surface area contributed by atoms with Crippen LogP contribution in [-0.2, 0) is 14.8 Å². The fourth-order valence-electron chi connectivity index (χ4n) is 4.29. The Labute approximate surface area is 235 Å². The lowest BCUT2D eigenvalue weighted by molar-refractivity contribution is -0.116. The molecule has 0 saturated heterocycles. The molecule has 1 amide bonds. The molecule has 0 spiro atoms. The van der Waals surface area contributed by atoms with Gasteiger partial charge in [-0.2, -0.15) is 5.10 Å². The zero-order chi connectivity index (χ0) is 28.3. The number of aromatic nitrogens is 3. The van der Waals surface area contributed by atoms with Gasteiger partial charge in [0.15, 0.2) is 0 Å². The van der Waals surface area contributed by atoms with E-state index in [1.54, 1.807) is 72.4 Å². The van der Waals surface area contributed by atoms with Crippen LogP contribution in [0.3, 0.4) is 0 Å². The van der Waals surface area contributed by atoms with Crippen LogP contribution in [-0.4, -0.2) is 28.1 Å². The highest BCUT2D eigenvalue weighted by Gasteiger charge is 2.27. The average molecular weight is 612 g/mol. The zero-order valence-electron chi connectivity index (χ0n) is 21.7. The van der Waals surface area contributed by atoms with Gasteiger partial charge in [0.2, 0.25) is 0 Å². The molecule has 4 aromatic rings. The molecule has 202 valence electrons. The van der Waals surface area contributed by atoms with E-state index < -0.39 is 22.0 Å². The summed E-state index contributed by atoms with van der Waals surface area (Å²) in [6, 6.07) is 13.5. The van der Waals surface area contributed by atoms with Gasteiger partial charge in [0, 0.05) is 21.8 Å². The van der Waals surface area contributed by atoms with Crippen molar-refractivity contribution in [2.45, 2.75) is 38.1 Å². The molecule has 2 aromatic carbocycles. The highest BCUT2D eigenvalue weighted by atomic mass is 79.9. The first-order chi connectivity index (χ1) is 18.6. The molecular weight excluding hydrogens is 583 g/mol. The molecule has 2 aromatic heterocycles. The Morgan fingerprint density at radius 3 is 2.44 bits per heavy atom. The summed E-state index contributed by atoms with van der Waals surface area (Å²) in [4.78, 5) is 13.7. The average Bonchev–Trinajstić information content (AvgIpc) is 3.52. The normalized spacial score (nSPS) is 12.8. The number of hydrogen-bond donors (Lipinski definition) is 1. The molecule has 1 N–H and O–H groups in total. The second-order valence-electron chi connectivity index (χ2n) is 8.87. The minimum atomic E-state index is -3.91. The molecule has 7 nitrogen and oxygen atoms in total. The van der Waals surface area contributed by atoms with Crippen LogP contribution in [0, 0.1) is 12.7 Å². The smallest absolute Gasteiger partial charge is 0.267 e. The molecule has 0 radical (unpaired) electrons. The summed E-state index contributed by atoms with van der Waals surface area (Å²) in [7, 11) is -3.91. The lowest BCUT2D eigenvalue weighted by Crippen LogP contribution is -2.31. The summed E-state index contributed by atoms with van der Waals surface area (Å²) in [5.74, 6) is -0.770. The van der Waals surface area contributed by atoms with E-state index in [0.29, 0.717) is 39.1 Å². The van der Waals surface area contributed by atoms with Crippen molar-refractivity contribution in [3.63, 3.8) is 0 Å². The molecule has 10 heteroatoms. The van der Waals surface area contributed by atoms with Crippen molar-refractivity contribution in [2.75, 3.05) is 0 Å². The number of amides is 1. The fraction of sp³-hybridized carbons (Fsp3) is 0.172. The number of halogens is 2. The topological polar surface area (TPSA) is 86.0 Å². The number of carbonyl (C=O) groups is 1. The second kappa shape index (κ2) is 11.5. The molecule has 1 unspecified atom stereocenters. The number of nitrogens with one attached hydrogen (secondary N) is 1. The highest BCUT2D eigenvalue weighted by Crippen LogP contribution is 2.29. The number of allylic oxidation sites excluding steroid dienone is 1. The minimum Gasteiger partial charge on any atom is -0.344 e. The van der Waals surface area contributed by atoms with Gasteiger partial charge in [-0.3, -0.25) is 4.79 Å². The molecule has 0 saturated carbocycles. The van der Waals surface area contributed by atoms with Crippen LogP contribution in [0.4, 0.5) is 4.39 Å². The first-order valence-electron chi connectivity index (χ1n) is 12.2. The minimum absolute atomic E-state index is 0.150. The molecule has 39 heavy (non-hydrogen) atoms. The van der Waals surface area contributed by atoms with Crippen molar-refractivity contribution >= 4 is 43.5 Å².